The fraction of sp³-hybridized carbons (Fsp3) is 0.350. The second kappa shape index (κ2) is 7.27. The fourth-order valence-electron chi connectivity index (χ4n) is 3.21. The van der Waals surface area contributed by atoms with Crippen LogP contribution in [-0.4, -0.2) is 11.5 Å². The number of para-hydroxylation sites is 1. The summed E-state index contributed by atoms with van der Waals surface area (Å²) in [5.41, 5.74) is 1.51. The summed E-state index contributed by atoms with van der Waals surface area (Å²) in [6, 6.07) is 13.2. The Morgan fingerprint density at radius 2 is 1.84 bits per heavy atom. The molecule has 2 aromatic carbocycles. The summed E-state index contributed by atoms with van der Waals surface area (Å²) in [5, 5.41) is 4.33. The SMILES string of the molecule is CC1(C)C[C@@H](NC(=O)CCc2c(Cl)cccc2Cl)c2ccccc2O1. The number of benzene rings is 2. The highest BCUT2D eigenvalue weighted by molar-refractivity contribution is 6.36. The van der Waals surface area contributed by atoms with Crippen LogP contribution in [0.2, 0.25) is 10.0 Å². The number of halogens is 2. The first-order valence-electron chi connectivity index (χ1n) is 8.36. The van der Waals surface area contributed by atoms with E-state index in [1.807, 2.05) is 38.1 Å². The summed E-state index contributed by atoms with van der Waals surface area (Å²) in [6.07, 6.45) is 1.57. The van der Waals surface area contributed by atoms with E-state index in [0.717, 1.165) is 23.3 Å². The summed E-state index contributed by atoms with van der Waals surface area (Å²) in [4.78, 5) is 12.5. The molecular formula is C20H21Cl2NO2. The molecule has 0 fully saturated rings. The maximum Gasteiger partial charge on any atom is 0.220 e. The number of carbonyl (C=O) groups is 1. The molecule has 5 heteroatoms. The van der Waals surface area contributed by atoms with Crippen molar-refractivity contribution < 1.29 is 9.53 Å². The average Bonchev–Trinajstić information content (AvgIpc) is 2.53. The van der Waals surface area contributed by atoms with E-state index in [0.29, 0.717) is 22.9 Å². The minimum Gasteiger partial charge on any atom is -0.487 e. The predicted octanol–water partition coefficient (Wildman–Crippen LogP) is 5.34. The second-order valence-electron chi connectivity index (χ2n) is 6.92. The molecule has 1 aliphatic heterocycles. The molecule has 0 aromatic heterocycles. The van der Waals surface area contributed by atoms with Crippen molar-refractivity contribution in [1.29, 1.82) is 0 Å². The molecule has 0 saturated carbocycles. The van der Waals surface area contributed by atoms with Crippen LogP contribution < -0.4 is 10.1 Å². The molecule has 3 nitrogen and oxygen atoms in total. The van der Waals surface area contributed by atoms with E-state index in [1.165, 1.54) is 0 Å². The highest BCUT2D eigenvalue weighted by atomic mass is 35.5. The van der Waals surface area contributed by atoms with Crippen molar-refractivity contribution in [2.75, 3.05) is 0 Å². The van der Waals surface area contributed by atoms with Crippen LogP contribution in [-0.2, 0) is 11.2 Å². The third-order valence-electron chi connectivity index (χ3n) is 4.38. The van der Waals surface area contributed by atoms with E-state index >= 15 is 0 Å². The summed E-state index contributed by atoms with van der Waals surface area (Å²) < 4.78 is 6.01. The summed E-state index contributed by atoms with van der Waals surface area (Å²) in [5.74, 6) is 0.812. The van der Waals surface area contributed by atoms with Gasteiger partial charge in [0.2, 0.25) is 5.91 Å². The molecule has 0 bridgehead atoms. The van der Waals surface area contributed by atoms with Gasteiger partial charge in [0.1, 0.15) is 11.4 Å². The van der Waals surface area contributed by atoms with Gasteiger partial charge in [0.05, 0.1) is 6.04 Å². The third kappa shape index (κ3) is 4.28. The first kappa shape index (κ1) is 18.1. The number of carbonyl (C=O) groups excluding carboxylic acids is 1. The standard InChI is InChI=1S/C20H21Cl2NO2/c1-20(2)12-17(14-6-3-4-9-18(14)25-20)23-19(24)11-10-13-15(21)7-5-8-16(13)22/h3-9,17H,10-12H2,1-2H3,(H,23,24)/t17-/m1/s1. The van der Waals surface area contributed by atoms with E-state index in [9.17, 15) is 4.79 Å². The van der Waals surface area contributed by atoms with E-state index in [-0.39, 0.29) is 17.6 Å². The van der Waals surface area contributed by atoms with Crippen molar-refractivity contribution in [3.8, 4) is 5.75 Å². The van der Waals surface area contributed by atoms with Crippen molar-refractivity contribution in [3.63, 3.8) is 0 Å². The van der Waals surface area contributed by atoms with Gasteiger partial charge in [0, 0.05) is 28.5 Å². The van der Waals surface area contributed by atoms with Crippen molar-refractivity contribution in [3.05, 3.63) is 63.6 Å². The molecule has 2 aromatic rings. The zero-order valence-electron chi connectivity index (χ0n) is 14.3. The van der Waals surface area contributed by atoms with Gasteiger partial charge in [-0.3, -0.25) is 4.79 Å². The Balaban J connectivity index is 1.69. The Morgan fingerprint density at radius 3 is 2.56 bits per heavy atom. The Bertz CT molecular complexity index is 769. The molecule has 0 unspecified atom stereocenters. The largest absolute Gasteiger partial charge is 0.487 e. The Hall–Kier alpha value is -1.71. The lowest BCUT2D eigenvalue weighted by Crippen LogP contribution is -2.41. The third-order valence-corrected chi connectivity index (χ3v) is 5.08. The number of amides is 1. The zero-order valence-corrected chi connectivity index (χ0v) is 15.8. The number of rotatable bonds is 4. The molecule has 0 aliphatic carbocycles. The maximum absolute atomic E-state index is 12.5. The smallest absolute Gasteiger partial charge is 0.220 e. The van der Waals surface area contributed by atoms with E-state index in [1.54, 1.807) is 18.2 Å². The topological polar surface area (TPSA) is 38.3 Å². The maximum atomic E-state index is 12.5. The molecule has 1 amide bonds. The van der Waals surface area contributed by atoms with Crippen molar-refractivity contribution in [1.82, 2.24) is 5.32 Å². The van der Waals surface area contributed by atoms with Gasteiger partial charge in [-0.1, -0.05) is 47.5 Å². The summed E-state index contributed by atoms with van der Waals surface area (Å²) in [7, 11) is 0. The number of hydrogen-bond donors (Lipinski definition) is 1. The first-order valence-corrected chi connectivity index (χ1v) is 9.11. The van der Waals surface area contributed by atoms with Gasteiger partial charge in [-0.25, -0.2) is 0 Å². The minimum atomic E-state index is -0.321. The lowest BCUT2D eigenvalue weighted by atomic mass is 9.89. The van der Waals surface area contributed by atoms with E-state index < -0.39 is 0 Å². The predicted molar refractivity (Wildman–Crippen MR) is 101 cm³/mol. The lowest BCUT2D eigenvalue weighted by Gasteiger charge is -2.37. The normalized spacial score (nSPS) is 18.2. The van der Waals surface area contributed by atoms with Gasteiger partial charge in [-0.05, 0) is 44.0 Å². The van der Waals surface area contributed by atoms with Gasteiger partial charge in [0.15, 0.2) is 0 Å². The molecule has 3 rings (SSSR count). The monoisotopic (exact) mass is 377 g/mol. The molecule has 0 radical (unpaired) electrons. The highest BCUT2D eigenvalue weighted by Crippen LogP contribution is 2.39. The lowest BCUT2D eigenvalue weighted by molar-refractivity contribution is -0.122. The van der Waals surface area contributed by atoms with Crippen LogP contribution >= 0.6 is 23.2 Å². The molecule has 1 aliphatic rings. The number of nitrogens with one attached hydrogen (secondary N) is 1. The number of ether oxygens (including phenoxy) is 1. The van der Waals surface area contributed by atoms with Crippen LogP contribution in [0.4, 0.5) is 0 Å². The Kier molecular flexibility index (Phi) is 5.26. The molecule has 0 saturated heterocycles. The first-order chi connectivity index (χ1) is 11.9. The van der Waals surface area contributed by atoms with Gasteiger partial charge in [0.25, 0.3) is 0 Å². The van der Waals surface area contributed by atoms with Gasteiger partial charge in [-0.15, -0.1) is 0 Å². The summed E-state index contributed by atoms with van der Waals surface area (Å²) in [6.45, 7) is 4.07. The van der Waals surface area contributed by atoms with Crippen LogP contribution in [0.3, 0.4) is 0 Å². The minimum absolute atomic E-state index is 0.0199. The fourth-order valence-corrected chi connectivity index (χ4v) is 3.79. The molecule has 132 valence electrons. The Morgan fingerprint density at radius 1 is 1.16 bits per heavy atom. The van der Waals surface area contributed by atoms with Gasteiger partial charge in [-0.2, -0.15) is 0 Å². The Labute approximate surface area is 158 Å². The zero-order chi connectivity index (χ0) is 18.0. The molecule has 1 atom stereocenters. The van der Waals surface area contributed by atoms with Crippen LogP contribution in [0.5, 0.6) is 5.75 Å². The molecule has 1 N–H and O–H groups in total. The molecule has 1 heterocycles. The highest BCUT2D eigenvalue weighted by Gasteiger charge is 2.34. The van der Waals surface area contributed by atoms with Crippen LogP contribution in [0.25, 0.3) is 0 Å². The van der Waals surface area contributed by atoms with Gasteiger partial charge >= 0.3 is 0 Å². The van der Waals surface area contributed by atoms with Crippen molar-refractivity contribution >= 4 is 29.1 Å². The summed E-state index contributed by atoms with van der Waals surface area (Å²) >= 11 is 12.4. The van der Waals surface area contributed by atoms with Gasteiger partial charge < -0.3 is 10.1 Å². The van der Waals surface area contributed by atoms with Crippen LogP contribution in [0.15, 0.2) is 42.5 Å². The van der Waals surface area contributed by atoms with Crippen LogP contribution in [0.1, 0.15) is 43.9 Å². The number of fused-ring (bicyclic) bond motifs is 1. The molecule has 25 heavy (non-hydrogen) atoms. The van der Waals surface area contributed by atoms with E-state index in [2.05, 4.69) is 5.32 Å². The average molecular weight is 378 g/mol. The van der Waals surface area contributed by atoms with Crippen molar-refractivity contribution in [2.45, 2.75) is 44.8 Å². The second-order valence-corrected chi connectivity index (χ2v) is 7.74. The molecular weight excluding hydrogens is 357 g/mol. The van der Waals surface area contributed by atoms with E-state index in [4.69, 9.17) is 27.9 Å². The number of hydrogen-bond acceptors (Lipinski definition) is 2. The molecule has 0 spiro atoms. The van der Waals surface area contributed by atoms with Crippen LogP contribution in [0, 0.1) is 0 Å². The van der Waals surface area contributed by atoms with Crippen molar-refractivity contribution in [2.24, 2.45) is 0 Å². The quantitative estimate of drug-likeness (QED) is 0.780.